The fourth-order valence-corrected chi connectivity index (χ4v) is 8.81. The minimum absolute atomic E-state index is 0.135. The lowest BCUT2D eigenvalue weighted by molar-refractivity contribution is 0.333. The number of rotatable bonds is 16. The first-order valence-electron chi connectivity index (χ1n) is 22.1. The van der Waals surface area contributed by atoms with Gasteiger partial charge in [0, 0.05) is 0 Å². The SMILES string of the molecule is CCOc1ccc(OCC)c2c1-c1nc-2nc2[nH]c(nc3nc(nc4[nH]c(n1)c1c(OCC)ccc(OCC)c41)-c1c(OCC)ccc(OCC)c1-3)c1c(OCC)c(Cl)c(Cl)c(OCC)c21. The first-order chi connectivity index (χ1) is 32.2. The van der Waals surface area contributed by atoms with E-state index in [4.69, 9.17) is 91.0 Å². The van der Waals surface area contributed by atoms with Crippen molar-refractivity contribution in [2.24, 2.45) is 0 Å². The second kappa shape index (κ2) is 18.6. The van der Waals surface area contributed by atoms with Crippen LogP contribution in [0.5, 0.6) is 46.0 Å². The molecule has 0 unspecified atom stereocenters. The van der Waals surface area contributed by atoms with E-state index in [2.05, 4.69) is 9.97 Å². The molecule has 9 rings (SSSR count). The van der Waals surface area contributed by atoms with Gasteiger partial charge in [-0.3, -0.25) is 0 Å². The Kier molecular flexibility index (Phi) is 12.5. The molecule has 0 fully saturated rings. The van der Waals surface area contributed by atoms with E-state index >= 15 is 0 Å². The summed E-state index contributed by atoms with van der Waals surface area (Å²) in [6.07, 6.45) is 0. The fourth-order valence-electron chi connectivity index (χ4n) is 8.34. The summed E-state index contributed by atoms with van der Waals surface area (Å²) in [5, 5.41) is 2.37. The molecule has 5 heterocycles. The topological polar surface area (TPSA) is 183 Å². The van der Waals surface area contributed by atoms with E-state index < -0.39 is 0 Å². The van der Waals surface area contributed by atoms with Crippen molar-refractivity contribution in [1.82, 2.24) is 39.9 Å². The molecule has 0 aliphatic carbocycles. The molecule has 66 heavy (non-hydrogen) atoms. The minimum atomic E-state index is 0.135. The Labute approximate surface area is 389 Å². The highest BCUT2D eigenvalue weighted by Crippen LogP contribution is 2.52. The van der Waals surface area contributed by atoms with Gasteiger partial charge in [0.2, 0.25) is 0 Å². The standard InChI is InChI=1S/C48H48Cl2N8O8/c1-9-59-23-17-18-24(60-10-2)30-29(23)41-51-42(30)53-44-32-26(62-12-4)20-22-28(64-14-6)34(32)46(55-44)57-48-36-35(39(65-15-7)37(49)38(50)40(36)66-16-8)47(58-48)56-45-33-27(63-13-5)21-19-25(61-11-3)31(33)43(52-41)54-45/h17-22H,9-16H2,1-8H3,(H2,51,52,53,54,55,56,57,58). The first-order valence-corrected chi connectivity index (χ1v) is 22.9. The van der Waals surface area contributed by atoms with E-state index in [9.17, 15) is 0 Å². The van der Waals surface area contributed by atoms with E-state index in [1.165, 1.54) is 0 Å². The summed E-state index contributed by atoms with van der Waals surface area (Å²) in [6.45, 7) is 17.9. The lowest BCUT2D eigenvalue weighted by atomic mass is 10.1. The van der Waals surface area contributed by atoms with Gasteiger partial charge >= 0.3 is 0 Å². The molecule has 16 nitrogen and oxygen atoms in total. The van der Waals surface area contributed by atoms with Gasteiger partial charge in [-0.15, -0.1) is 0 Å². The normalized spacial score (nSPS) is 11.7. The van der Waals surface area contributed by atoms with E-state index in [0.29, 0.717) is 129 Å². The van der Waals surface area contributed by atoms with Crippen LogP contribution in [-0.4, -0.2) is 92.7 Å². The van der Waals surface area contributed by atoms with Gasteiger partial charge in [-0.2, -0.15) is 0 Å². The van der Waals surface area contributed by atoms with Gasteiger partial charge in [-0.05, 0) is 91.8 Å². The zero-order valence-corrected chi connectivity index (χ0v) is 39.3. The van der Waals surface area contributed by atoms with Gasteiger partial charge in [0.15, 0.2) is 34.8 Å². The third-order valence-electron chi connectivity index (χ3n) is 10.7. The van der Waals surface area contributed by atoms with Crippen molar-refractivity contribution in [1.29, 1.82) is 0 Å². The van der Waals surface area contributed by atoms with Gasteiger partial charge < -0.3 is 47.9 Å². The van der Waals surface area contributed by atoms with Crippen LogP contribution >= 0.6 is 23.2 Å². The Bertz CT molecular complexity index is 3000. The van der Waals surface area contributed by atoms with Crippen LogP contribution in [-0.2, 0) is 0 Å². The summed E-state index contributed by atoms with van der Waals surface area (Å²) in [7, 11) is 0. The number of hydrogen-bond acceptors (Lipinski definition) is 14. The molecule has 342 valence electrons. The second-order valence-electron chi connectivity index (χ2n) is 14.5. The molecule has 0 saturated carbocycles. The van der Waals surface area contributed by atoms with Gasteiger partial charge in [0.1, 0.15) is 67.1 Å². The highest BCUT2D eigenvalue weighted by molar-refractivity contribution is 6.46. The van der Waals surface area contributed by atoms with Gasteiger partial charge in [0.25, 0.3) is 0 Å². The van der Waals surface area contributed by atoms with Crippen LogP contribution < -0.4 is 37.9 Å². The van der Waals surface area contributed by atoms with Crippen molar-refractivity contribution in [3.8, 4) is 91.5 Å². The number of hydrogen-bond donors (Lipinski definition) is 2. The lowest BCUT2D eigenvalue weighted by Crippen LogP contribution is -1.99. The Morgan fingerprint density at radius 2 is 0.576 bits per heavy atom. The van der Waals surface area contributed by atoms with E-state index in [0.717, 1.165) is 0 Å². The molecule has 0 radical (unpaired) electrons. The number of aromatic amines is 2. The third-order valence-corrected chi connectivity index (χ3v) is 11.5. The average Bonchev–Trinajstić information content (AvgIpc) is 4.06. The summed E-state index contributed by atoms with van der Waals surface area (Å²) in [6, 6.07) is 11.1. The lowest BCUT2D eigenvalue weighted by Gasteiger charge is -2.14. The number of fused-ring (bicyclic) bond motifs is 20. The van der Waals surface area contributed by atoms with E-state index in [-0.39, 0.29) is 69.4 Å². The molecule has 0 atom stereocenters. The first kappa shape index (κ1) is 44.4. The monoisotopic (exact) mass is 934 g/mol. The molecule has 2 aliphatic rings. The van der Waals surface area contributed by atoms with Crippen LogP contribution in [0.3, 0.4) is 0 Å². The summed E-state index contributed by atoms with van der Waals surface area (Å²) >= 11 is 14.2. The second-order valence-corrected chi connectivity index (χ2v) is 15.3. The van der Waals surface area contributed by atoms with Crippen molar-refractivity contribution >= 4 is 67.3 Å². The zero-order valence-electron chi connectivity index (χ0n) is 37.8. The van der Waals surface area contributed by atoms with Crippen LogP contribution in [0.4, 0.5) is 0 Å². The quantitative estimate of drug-likeness (QED) is 0.0933. The molecule has 3 aromatic heterocycles. The zero-order chi connectivity index (χ0) is 46.2. The van der Waals surface area contributed by atoms with Crippen molar-refractivity contribution in [2.45, 2.75) is 55.4 Å². The minimum Gasteiger partial charge on any atom is -0.493 e. The van der Waals surface area contributed by atoms with E-state index in [1.54, 1.807) is 0 Å². The Morgan fingerprint density at radius 3 is 0.848 bits per heavy atom. The summed E-state index contributed by atoms with van der Waals surface area (Å²) in [5.41, 5.74) is 3.54. The summed E-state index contributed by atoms with van der Waals surface area (Å²) < 4.78 is 50.3. The highest BCUT2D eigenvalue weighted by Gasteiger charge is 2.33. The van der Waals surface area contributed by atoms with Crippen LogP contribution in [0.2, 0.25) is 10.0 Å². The van der Waals surface area contributed by atoms with Crippen molar-refractivity contribution in [2.75, 3.05) is 52.9 Å². The van der Waals surface area contributed by atoms with Crippen LogP contribution in [0.25, 0.3) is 89.7 Å². The highest BCUT2D eigenvalue weighted by atomic mass is 35.5. The number of aromatic nitrogens is 8. The molecular weight excluding hydrogens is 887 g/mol. The molecule has 0 saturated heterocycles. The Hall–Kier alpha value is -6.78. The van der Waals surface area contributed by atoms with Crippen LogP contribution in [0.1, 0.15) is 55.4 Å². The molecule has 4 aromatic carbocycles. The fraction of sp³-hybridized carbons (Fsp3) is 0.333. The Morgan fingerprint density at radius 1 is 0.333 bits per heavy atom. The number of ether oxygens (including phenoxy) is 8. The number of halogens is 2. The smallest absolute Gasteiger partial charge is 0.168 e. The number of nitrogens with one attached hydrogen (secondary N) is 2. The molecular formula is C48H48Cl2N8O8. The number of nitrogens with zero attached hydrogens (tertiary/aromatic N) is 6. The Balaban J connectivity index is 1.59. The number of H-pyrrole nitrogens is 2. The summed E-state index contributed by atoms with van der Waals surface area (Å²) in [4.78, 5) is 38.5. The predicted octanol–water partition coefficient (Wildman–Crippen LogP) is 11.4. The van der Waals surface area contributed by atoms with Gasteiger partial charge in [-0.1, -0.05) is 23.2 Å². The van der Waals surface area contributed by atoms with Crippen molar-refractivity contribution < 1.29 is 37.9 Å². The maximum atomic E-state index is 7.08. The molecule has 2 aliphatic heterocycles. The van der Waals surface area contributed by atoms with Crippen LogP contribution in [0.15, 0.2) is 36.4 Å². The van der Waals surface area contributed by atoms with Gasteiger partial charge in [0.05, 0.1) is 96.7 Å². The van der Waals surface area contributed by atoms with Gasteiger partial charge in [-0.25, -0.2) is 29.9 Å². The molecule has 18 heteroatoms. The third kappa shape index (κ3) is 7.41. The largest absolute Gasteiger partial charge is 0.493 e. The molecule has 8 bridgehead atoms. The predicted molar refractivity (Wildman–Crippen MR) is 255 cm³/mol. The molecule has 0 amide bonds. The van der Waals surface area contributed by atoms with E-state index in [1.807, 2.05) is 91.8 Å². The molecule has 2 N–H and O–H groups in total. The average molecular weight is 936 g/mol. The molecule has 0 spiro atoms. The summed E-state index contributed by atoms with van der Waals surface area (Å²) in [5.74, 6) is 4.75. The maximum Gasteiger partial charge on any atom is 0.168 e. The molecule has 7 aromatic rings. The maximum absolute atomic E-state index is 7.08. The number of benzene rings is 4. The van der Waals surface area contributed by atoms with Crippen molar-refractivity contribution in [3.05, 3.63) is 46.4 Å². The van der Waals surface area contributed by atoms with Crippen LogP contribution in [0, 0.1) is 0 Å². The van der Waals surface area contributed by atoms with Crippen molar-refractivity contribution in [3.63, 3.8) is 0 Å².